The van der Waals surface area contributed by atoms with Crippen molar-refractivity contribution in [3.63, 3.8) is 0 Å². The lowest BCUT2D eigenvalue weighted by atomic mass is 9.65. The third-order valence-corrected chi connectivity index (χ3v) is 4.75. The molecule has 0 radical (unpaired) electrons. The molecule has 0 saturated heterocycles. The zero-order valence-corrected chi connectivity index (χ0v) is 12.4. The van der Waals surface area contributed by atoms with Gasteiger partial charge in [-0.1, -0.05) is 43.5 Å². The van der Waals surface area contributed by atoms with Crippen molar-refractivity contribution >= 4 is 0 Å². The summed E-state index contributed by atoms with van der Waals surface area (Å²) in [5, 5.41) is 0. The van der Waals surface area contributed by atoms with Crippen LogP contribution in [-0.4, -0.2) is 7.11 Å². The first-order chi connectivity index (χ1) is 10.2. The molecule has 0 atom stereocenters. The van der Waals surface area contributed by atoms with Crippen LogP contribution in [0.4, 0.5) is 4.39 Å². The minimum Gasteiger partial charge on any atom is -0.497 e. The fourth-order valence-electron chi connectivity index (χ4n) is 3.58. The molecule has 1 nitrogen and oxygen atoms in total. The van der Waals surface area contributed by atoms with Gasteiger partial charge in [-0.2, -0.15) is 0 Å². The third-order valence-electron chi connectivity index (χ3n) is 4.75. The molecule has 0 bridgehead atoms. The quantitative estimate of drug-likeness (QED) is 0.763. The molecule has 0 aromatic heterocycles. The van der Waals surface area contributed by atoms with E-state index in [9.17, 15) is 4.39 Å². The second-order valence-electron chi connectivity index (χ2n) is 5.88. The Bertz CT molecular complexity index is 580. The van der Waals surface area contributed by atoms with E-state index in [-0.39, 0.29) is 11.2 Å². The van der Waals surface area contributed by atoms with E-state index < -0.39 is 0 Å². The topological polar surface area (TPSA) is 9.23 Å². The summed E-state index contributed by atoms with van der Waals surface area (Å²) in [5.41, 5.74) is 2.57. The lowest BCUT2D eigenvalue weighted by molar-refractivity contribution is 0.345. The highest BCUT2D eigenvalue weighted by Gasteiger charge is 2.35. The zero-order chi connectivity index (χ0) is 14.7. The van der Waals surface area contributed by atoms with Gasteiger partial charge in [-0.3, -0.25) is 0 Å². The van der Waals surface area contributed by atoms with Gasteiger partial charge in [0.05, 0.1) is 7.11 Å². The second kappa shape index (κ2) is 5.88. The van der Waals surface area contributed by atoms with Gasteiger partial charge in [0.2, 0.25) is 0 Å². The van der Waals surface area contributed by atoms with E-state index in [0.29, 0.717) is 0 Å². The molecule has 1 fully saturated rings. The highest BCUT2D eigenvalue weighted by Crippen LogP contribution is 2.45. The minimum absolute atomic E-state index is 0.0260. The maximum Gasteiger partial charge on any atom is 0.123 e. The van der Waals surface area contributed by atoms with Crippen LogP contribution >= 0.6 is 0 Å². The van der Waals surface area contributed by atoms with Gasteiger partial charge in [0, 0.05) is 5.41 Å². The number of hydrogen-bond acceptors (Lipinski definition) is 1. The molecule has 0 amide bonds. The lowest BCUT2D eigenvalue weighted by Crippen LogP contribution is -2.30. The van der Waals surface area contributed by atoms with Crippen molar-refractivity contribution in [1.29, 1.82) is 0 Å². The van der Waals surface area contributed by atoms with Crippen LogP contribution in [0.3, 0.4) is 0 Å². The van der Waals surface area contributed by atoms with Crippen molar-refractivity contribution in [2.24, 2.45) is 0 Å². The molecule has 0 N–H and O–H groups in total. The smallest absolute Gasteiger partial charge is 0.123 e. The van der Waals surface area contributed by atoms with E-state index >= 15 is 0 Å². The molecule has 0 aliphatic heterocycles. The van der Waals surface area contributed by atoms with Gasteiger partial charge in [-0.15, -0.1) is 0 Å². The van der Waals surface area contributed by atoms with Crippen LogP contribution in [0.2, 0.25) is 0 Å². The molecule has 2 heteroatoms. The highest BCUT2D eigenvalue weighted by atomic mass is 19.1. The van der Waals surface area contributed by atoms with Crippen LogP contribution in [0.5, 0.6) is 5.75 Å². The normalized spacial score (nSPS) is 17.4. The van der Waals surface area contributed by atoms with Crippen molar-refractivity contribution in [1.82, 2.24) is 0 Å². The summed E-state index contributed by atoms with van der Waals surface area (Å²) >= 11 is 0. The lowest BCUT2D eigenvalue weighted by Gasteiger charge is -2.38. The number of halogens is 1. The Morgan fingerprint density at radius 3 is 1.86 bits per heavy atom. The predicted octanol–water partition coefficient (Wildman–Crippen LogP) is 5.08. The minimum atomic E-state index is -0.167. The van der Waals surface area contributed by atoms with Crippen LogP contribution in [0.1, 0.15) is 43.2 Å². The molecule has 110 valence electrons. The van der Waals surface area contributed by atoms with Gasteiger partial charge >= 0.3 is 0 Å². The fraction of sp³-hybridized carbons (Fsp3) is 0.368. The fourth-order valence-corrected chi connectivity index (χ4v) is 3.58. The van der Waals surface area contributed by atoms with Gasteiger partial charge in [0.25, 0.3) is 0 Å². The molecule has 0 heterocycles. The molecule has 1 saturated carbocycles. The molecule has 0 spiro atoms. The van der Waals surface area contributed by atoms with Gasteiger partial charge < -0.3 is 4.74 Å². The summed E-state index contributed by atoms with van der Waals surface area (Å²) in [5.74, 6) is 0.711. The van der Waals surface area contributed by atoms with E-state index in [1.54, 1.807) is 19.2 Å². The SMILES string of the molecule is COc1ccc(C2(c3ccc(F)cc3)CCCCC2)cc1. The first-order valence-electron chi connectivity index (χ1n) is 7.65. The van der Waals surface area contributed by atoms with Gasteiger partial charge in [-0.25, -0.2) is 4.39 Å². The van der Waals surface area contributed by atoms with E-state index in [2.05, 4.69) is 12.1 Å². The van der Waals surface area contributed by atoms with Gasteiger partial charge in [-0.05, 0) is 48.2 Å². The molecule has 1 aliphatic rings. The van der Waals surface area contributed by atoms with Crippen LogP contribution in [-0.2, 0) is 5.41 Å². The Morgan fingerprint density at radius 1 is 0.810 bits per heavy atom. The Hall–Kier alpha value is -1.83. The number of hydrogen-bond donors (Lipinski definition) is 0. The first-order valence-corrected chi connectivity index (χ1v) is 7.65. The van der Waals surface area contributed by atoms with Crippen molar-refractivity contribution in [3.8, 4) is 5.75 Å². The van der Waals surface area contributed by atoms with Crippen molar-refractivity contribution in [2.75, 3.05) is 7.11 Å². The average molecular weight is 284 g/mol. The van der Waals surface area contributed by atoms with E-state index in [4.69, 9.17) is 4.74 Å². The number of rotatable bonds is 3. The van der Waals surface area contributed by atoms with Gasteiger partial charge in [0.1, 0.15) is 11.6 Å². The molecule has 2 aromatic rings. The number of ether oxygens (including phenoxy) is 1. The Balaban J connectivity index is 2.05. The highest BCUT2D eigenvalue weighted by molar-refractivity contribution is 5.42. The standard InChI is InChI=1S/C19H21FO/c1-21-18-11-7-16(8-12-18)19(13-3-2-4-14-19)15-5-9-17(20)10-6-15/h5-12H,2-4,13-14H2,1H3. The van der Waals surface area contributed by atoms with E-state index in [1.165, 1.54) is 30.4 Å². The molecule has 3 rings (SSSR count). The van der Waals surface area contributed by atoms with Crippen molar-refractivity contribution < 1.29 is 9.13 Å². The number of benzene rings is 2. The molecule has 2 aromatic carbocycles. The predicted molar refractivity (Wildman–Crippen MR) is 83.3 cm³/mol. The molecular weight excluding hydrogens is 263 g/mol. The largest absolute Gasteiger partial charge is 0.497 e. The zero-order valence-electron chi connectivity index (χ0n) is 12.4. The van der Waals surface area contributed by atoms with E-state index in [0.717, 1.165) is 18.6 Å². The maximum atomic E-state index is 13.3. The van der Waals surface area contributed by atoms with Crippen molar-refractivity contribution in [3.05, 3.63) is 65.5 Å². The summed E-state index contributed by atoms with van der Waals surface area (Å²) in [6.45, 7) is 0. The van der Waals surface area contributed by atoms with Crippen LogP contribution in [0.25, 0.3) is 0 Å². The van der Waals surface area contributed by atoms with Crippen molar-refractivity contribution in [2.45, 2.75) is 37.5 Å². The Labute approximate surface area is 125 Å². The van der Waals surface area contributed by atoms with E-state index in [1.807, 2.05) is 24.3 Å². The first kappa shape index (κ1) is 14.1. The monoisotopic (exact) mass is 284 g/mol. The molecule has 0 unspecified atom stereocenters. The average Bonchev–Trinajstić information content (AvgIpc) is 2.56. The number of methoxy groups -OCH3 is 1. The molecule has 1 aliphatic carbocycles. The maximum absolute atomic E-state index is 13.3. The van der Waals surface area contributed by atoms with Gasteiger partial charge in [0.15, 0.2) is 0 Å². The summed E-state index contributed by atoms with van der Waals surface area (Å²) in [4.78, 5) is 0. The molecule has 21 heavy (non-hydrogen) atoms. The van der Waals surface area contributed by atoms with Crippen LogP contribution in [0, 0.1) is 5.82 Å². The Kier molecular flexibility index (Phi) is 3.96. The summed E-state index contributed by atoms with van der Waals surface area (Å²) in [7, 11) is 1.69. The molecular formula is C19H21FO. The summed E-state index contributed by atoms with van der Waals surface area (Å²) in [6.07, 6.45) is 6.00. The van der Waals surface area contributed by atoms with Crippen LogP contribution in [0.15, 0.2) is 48.5 Å². The van der Waals surface area contributed by atoms with Crippen LogP contribution < -0.4 is 4.74 Å². The third kappa shape index (κ3) is 2.67. The summed E-state index contributed by atoms with van der Waals surface area (Å²) < 4.78 is 18.5. The second-order valence-corrected chi connectivity index (χ2v) is 5.88. The Morgan fingerprint density at radius 2 is 1.33 bits per heavy atom. The summed E-state index contributed by atoms with van der Waals surface area (Å²) in [6, 6.07) is 15.4.